The van der Waals surface area contributed by atoms with Gasteiger partial charge in [0.2, 0.25) is 5.91 Å². The molecule has 2 N–H and O–H groups in total. The molecule has 0 saturated carbocycles. The zero-order valence-corrected chi connectivity index (χ0v) is 18.0. The van der Waals surface area contributed by atoms with Crippen molar-refractivity contribution in [3.05, 3.63) is 65.2 Å². The number of rotatable bonds is 3. The Morgan fingerprint density at radius 1 is 1.00 bits per heavy atom. The smallest absolute Gasteiger partial charge is 0.255 e. The normalized spacial score (nSPS) is 22.2. The van der Waals surface area contributed by atoms with E-state index in [2.05, 4.69) is 34.9 Å². The number of benzene rings is 2. The van der Waals surface area contributed by atoms with Gasteiger partial charge in [0.05, 0.1) is 17.2 Å². The second-order valence-corrected chi connectivity index (χ2v) is 9.31. The lowest BCUT2D eigenvalue weighted by molar-refractivity contribution is -0.120. The number of likely N-dealkylation sites (tertiary alicyclic amines) is 1. The van der Waals surface area contributed by atoms with E-state index >= 15 is 0 Å². The molecule has 162 valence electrons. The van der Waals surface area contributed by atoms with Gasteiger partial charge in [0.1, 0.15) is 0 Å². The van der Waals surface area contributed by atoms with Crippen LogP contribution in [0.15, 0.2) is 48.5 Å². The number of hydrogen-bond donors (Lipinski definition) is 2. The number of carbonyl (C=O) groups is 2. The van der Waals surface area contributed by atoms with Crippen LogP contribution in [0.4, 0.5) is 5.69 Å². The van der Waals surface area contributed by atoms with E-state index in [-0.39, 0.29) is 23.1 Å². The van der Waals surface area contributed by atoms with E-state index in [9.17, 15) is 9.59 Å². The van der Waals surface area contributed by atoms with Gasteiger partial charge >= 0.3 is 0 Å². The number of amides is 2. The fourth-order valence-electron chi connectivity index (χ4n) is 5.68. The summed E-state index contributed by atoms with van der Waals surface area (Å²) in [4.78, 5) is 28.1. The Hall–Kier alpha value is -2.66. The van der Waals surface area contributed by atoms with Gasteiger partial charge in [-0.05, 0) is 73.7 Å². The zero-order valence-electron chi connectivity index (χ0n) is 18.0. The van der Waals surface area contributed by atoms with Crippen molar-refractivity contribution in [3.63, 3.8) is 0 Å². The van der Waals surface area contributed by atoms with Gasteiger partial charge in [0.25, 0.3) is 5.91 Å². The van der Waals surface area contributed by atoms with Crippen LogP contribution in [0.2, 0.25) is 0 Å². The molecule has 2 saturated heterocycles. The quantitative estimate of drug-likeness (QED) is 0.800. The first-order valence-corrected chi connectivity index (χ1v) is 11.6. The third-order valence-corrected chi connectivity index (χ3v) is 7.55. The molecule has 5 heteroatoms. The van der Waals surface area contributed by atoms with Gasteiger partial charge in [0.15, 0.2) is 0 Å². The molecule has 1 unspecified atom stereocenters. The molecule has 0 aromatic heterocycles. The number of nitrogens with one attached hydrogen (secondary N) is 2. The topological polar surface area (TPSA) is 61.4 Å². The van der Waals surface area contributed by atoms with Crippen molar-refractivity contribution >= 4 is 17.5 Å². The van der Waals surface area contributed by atoms with Gasteiger partial charge in [-0.15, -0.1) is 0 Å². The Kier molecular flexibility index (Phi) is 5.53. The van der Waals surface area contributed by atoms with E-state index in [1.165, 1.54) is 17.5 Å². The minimum Gasteiger partial charge on any atom is -0.339 e. The highest BCUT2D eigenvalue weighted by Crippen LogP contribution is 2.46. The fourth-order valence-corrected chi connectivity index (χ4v) is 5.68. The first kappa shape index (κ1) is 20.3. The van der Waals surface area contributed by atoms with Crippen LogP contribution in [0.1, 0.15) is 53.6 Å². The summed E-state index contributed by atoms with van der Waals surface area (Å²) in [7, 11) is 0. The molecule has 1 atom stereocenters. The number of aryl methyl sites for hydroxylation is 1. The van der Waals surface area contributed by atoms with E-state index in [0.717, 1.165) is 51.7 Å². The van der Waals surface area contributed by atoms with Crippen molar-refractivity contribution in [2.75, 3.05) is 31.5 Å². The molecule has 2 fully saturated rings. The molecule has 2 amide bonds. The van der Waals surface area contributed by atoms with Crippen molar-refractivity contribution < 1.29 is 9.59 Å². The molecule has 2 heterocycles. The van der Waals surface area contributed by atoms with Crippen LogP contribution < -0.4 is 10.6 Å². The zero-order chi connectivity index (χ0) is 21.3. The average molecular weight is 418 g/mol. The SMILES string of the molecule is O=C(Nc1ccccc1C(=O)N1CCC2(CCc3ccccc32)CC1)C1CCCNC1. The maximum Gasteiger partial charge on any atom is 0.255 e. The molecule has 3 aliphatic rings. The minimum atomic E-state index is -0.0332. The van der Waals surface area contributed by atoms with Crippen LogP contribution in [0.5, 0.6) is 0 Å². The Bertz CT molecular complexity index is 972. The Balaban J connectivity index is 1.28. The highest BCUT2D eigenvalue weighted by Gasteiger charge is 2.41. The van der Waals surface area contributed by atoms with Crippen LogP contribution in [-0.4, -0.2) is 42.9 Å². The lowest BCUT2D eigenvalue weighted by atomic mass is 9.74. The van der Waals surface area contributed by atoms with Crippen LogP contribution in [-0.2, 0) is 16.6 Å². The number of anilines is 1. The lowest BCUT2D eigenvalue weighted by Crippen LogP contribution is -2.44. The van der Waals surface area contributed by atoms with Gasteiger partial charge in [0, 0.05) is 19.6 Å². The number of fused-ring (bicyclic) bond motifs is 2. The van der Waals surface area contributed by atoms with Gasteiger partial charge < -0.3 is 15.5 Å². The maximum atomic E-state index is 13.4. The molecular weight excluding hydrogens is 386 g/mol. The molecule has 0 radical (unpaired) electrons. The number of piperidine rings is 2. The van der Waals surface area contributed by atoms with E-state index in [1.807, 2.05) is 29.2 Å². The summed E-state index contributed by atoms with van der Waals surface area (Å²) in [6.07, 6.45) is 6.27. The van der Waals surface area contributed by atoms with Crippen LogP contribution >= 0.6 is 0 Å². The molecule has 1 spiro atoms. The number of para-hydroxylation sites is 1. The molecule has 2 aromatic carbocycles. The summed E-state index contributed by atoms with van der Waals surface area (Å²) >= 11 is 0. The van der Waals surface area contributed by atoms with E-state index in [0.29, 0.717) is 17.8 Å². The van der Waals surface area contributed by atoms with Crippen molar-refractivity contribution in [1.82, 2.24) is 10.2 Å². The molecule has 5 nitrogen and oxygen atoms in total. The van der Waals surface area contributed by atoms with Gasteiger partial charge in [-0.1, -0.05) is 36.4 Å². The highest BCUT2D eigenvalue weighted by atomic mass is 16.2. The molecule has 31 heavy (non-hydrogen) atoms. The third kappa shape index (κ3) is 3.87. The Labute approximate surface area is 184 Å². The van der Waals surface area contributed by atoms with Gasteiger partial charge in [-0.2, -0.15) is 0 Å². The first-order chi connectivity index (χ1) is 15.2. The maximum absolute atomic E-state index is 13.4. The summed E-state index contributed by atoms with van der Waals surface area (Å²) in [6.45, 7) is 3.21. The number of carbonyl (C=O) groups excluding carboxylic acids is 2. The summed E-state index contributed by atoms with van der Waals surface area (Å²) < 4.78 is 0. The van der Waals surface area contributed by atoms with Gasteiger partial charge in [-0.25, -0.2) is 0 Å². The van der Waals surface area contributed by atoms with Crippen molar-refractivity contribution in [1.29, 1.82) is 0 Å². The van der Waals surface area contributed by atoms with Crippen LogP contribution in [0, 0.1) is 5.92 Å². The molecule has 2 aliphatic heterocycles. The monoisotopic (exact) mass is 417 g/mol. The standard InChI is InChI=1S/C26H31N3O2/c30-24(20-7-5-15-27-18-20)28-23-10-4-2-8-21(23)25(31)29-16-13-26(14-17-29)12-11-19-6-1-3-9-22(19)26/h1-4,6,8-10,20,27H,5,7,11-18H2,(H,28,30). The number of hydrogen-bond acceptors (Lipinski definition) is 3. The average Bonchev–Trinajstić information content (AvgIpc) is 3.18. The largest absolute Gasteiger partial charge is 0.339 e. The molecule has 5 rings (SSSR count). The molecular formula is C26H31N3O2. The van der Waals surface area contributed by atoms with Gasteiger partial charge in [-0.3, -0.25) is 9.59 Å². The molecule has 2 aromatic rings. The van der Waals surface area contributed by atoms with E-state index in [1.54, 1.807) is 0 Å². The van der Waals surface area contributed by atoms with Crippen molar-refractivity contribution in [3.8, 4) is 0 Å². The Morgan fingerprint density at radius 2 is 1.77 bits per heavy atom. The fraction of sp³-hybridized carbons (Fsp3) is 0.462. The second kappa shape index (κ2) is 8.46. The minimum absolute atomic E-state index is 0.00705. The summed E-state index contributed by atoms with van der Waals surface area (Å²) in [5, 5.41) is 6.32. The van der Waals surface area contributed by atoms with E-state index < -0.39 is 0 Å². The highest BCUT2D eigenvalue weighted by molar-refractivity contribution is 6.04. The van der Waals surface area contributed by atoms with Crippen LogP contribution in [0.25, 0.3) is 0 Å². The molecule has 1 aliphatic carbocycles. The second-order valence-electron chi connectivity index (χ2n) is 9.31. The number of nitrogens with zero attached hydrogens (tertiary/aromatic N) is 1. The predicted molar refractivity (Wildman–Crippen MR) is 122 cm³/mol. The van der Waals surface area contributed by atoms with Crippen LogP contribution in [0.3, 0.4) is 0 Å². The predicted octanol–water partition coefficient (Wildman–Crippen LogP) is 3.74. The Morgan fingerprint density at radius 3 is 2.58 bits per heavy atom. The summed E-state index contributed by atoms with van der Waals surface area (Å²) in [6, 6.07) is 16.3. The molecule has 0 bridgehead atoms. The van der Waals surface area contributed by atoms with Crippen molar-refractivity contribution in [2.45, 2.75) is 43.9 Å². The third-order valence-electron chi connectivity index (χ3n) is 7.55. The lowest BCUT2D eigenvalue weighted by Gasteiger charge is -2.40. The van der Waals surface area contributed by atoms with E-state index in [4.69, 9.17) is 0 Å². The van der Waals surface area contributed by atoms with Crippen molar-refractivity contribution in [2.24, 2.45) is 5.92 Å². The summed E-state index contributed by atoms with van der Waals surface area (Å²) in [5.74, 6) is 0.000554. The summed E-state index contributed by atoms with van der Waals surface area (Å²) in [5.41, 5.74) is 4.44. The first-order valence-electron chi connectivity index (χ1n) is 11.6.